The van der Waals surface area contributed by atoms with Crippen LogP contribution in [0.1, 0.15) is 117 Å². The van der Waals surface area contributed by atoms with Crippen LogP contribution in [0.25, 0.3) is 0 Å². The quantitative estimate of drug-likeness (QED) is 0.343. The van der Waals surface area contributed by atoms with Gasteiger partial charge in [0.2, 0.25) is 0 Å². The summed E-state index contributed by atoms with van der Waals surface area (Å²) in [5.74, 6) is 3.26. The maximum absolute atomic E-state index is 12.8. The molecule has 0 aromatic rings. The molecule has 0 amide bonds. The van der Waals surface area contributed by atoms with Crippen molar-refractivity contribution in [3.8, 4) is 0 Å². The van der Waals surface area contributed by atoms with Gasteiger partial charge in [-0.1, -0.05) is 57.9 Å². The molecule has 0 heterocycles. The zero-order valence-electron chi connectivity index (χ0n) is 20.5. The van der Waals surface area contributed by atoms with Crippen molar-refractivity contribution in [1.82, 2.24) is 0 Å². The number of hydrogen-bond donors (Lipinski definition) is 0. The minimum atomic E-state index is 0.0647. The van der Waals surface area contributed by atoms with Crippen molar-refractivity contribution >= 4 is 11.8 Å². The molecule has 0 saturated heterocycles. The van der Waals surface area contributed by atoms with E-state index in [1.165, 1.54) is 69.8 Å². The first-order chi connectivity index (χ1) is 15.4. The number of carbonyl (C=O) groups excluding carboxylic acids is 2. The highest BCUT2D eigenvalue weighted by molar-refractivity contribution is 5.91. The van der Waals surface area contributed by atoms with Crippen LogP contribution in [0.4, 0.5) is 0 Å². The van der Waals surface area contributed by atoms with Crippen LogP contribution in [-0.4, -0.2) is 17.9 Å². The highest BCUT2D eigenvalue weighted by Gasteiger charge is 2.59. The Bertz CT molecular complexity index is 760. The van der Waals surface area contributed by atoms with E-state index in [0.717, 1.165) is 43.9 Å². The molecule has 3 heteroatoms. The van der Waals surface area contributed by atoms with E-state index in [2.05, 4.69) is 13.8 Å². The highest BCUT2D eigenvalue weighted by Crippen LogP contribution is 2.65. The Kier molecular flexibility index (Phi) is 6.31. The largest absolute Gasteiger partial charge is 0.462 e. The topological polar surface area (TPSA) is 43.4 Å². The minimum Gasteiger partial charge on any atom is -0.462 e. The molecule has 5 rings (SSSR count). The molecule has 32 heavy (non-hydrogen) atoms. The van der Waals surface area contributed by atoms with Gasteiger partial charge in [0.1, 0.15) is 6.10 Å². The Hall–Kier alpha value is -1.12. The van der Waals surface area contributed by atoms with E-state index in [4.69, 9.17) is 4.74 Å². The predicted molar refractivity (Wildman–Crippen MR) is 127 cm³/mol. The number of rotatable bonds is 4. The third kappa shape index (κ3) is 4.00. The van der Waals surface area contributed by atoms with Crippen LogP contribution in [0, 0.1) is 34.5 Å². The molecule has 6 atom stereocenters. The van der Waals surface area contributed by atoms with E-state index >= 15 is 0 Å². The van der Waals surface area contributed by atoms with E-state index in [-0.39, 0.29) is 22.9 Å². The third-order valence-electron chi connectivity index (χ3n) is 10.9. The number of hydrogen-bond acceptors (Lipinski definition) is 3. The fourth-order valence-corrected chi connectivity index (χ4v) is 8.90. The summed E-state index contributed by atoms with van der Waals surface area (Å²) in [5, 5.41) is 0. The van der Waals surface area contributed by atoms with Crippen LogP contribution >= 0.6 is 0 Å². The van der Waals surface area contributed by atoms with Crippen molar-refractivity contribution in [3.05, 3.63) is 11.6 Å². The SMILES string of the molecule is C[C@]12CC[C@H]3[C@@H](CCC4=CC(=O)CC[C@@]43C)[C@@H]1CC[C@@H]2OC(=O)CCC1CCCCCC1. The Balaban J connectivity index is 1.22. The molecule has 178 valence electrons. The molecule has 0 aromatic heterocycles. The summed E-state index contributed by atoms with van der Waals surface area (Å²) in [6, 6.07) is 0. The number of allylic oxidation sites excluding steroid dienone is 1. The molecule has 0 N–H and O–H groups in total. The molecular weight excluding hydrogens is 396 g/mol. The Morgan fingerprint density at radius 1 is 0.938 bits per heavy atom. The molecular formula is C29H44O3. The molecule has 4 saturated carbocycles. The summed E-state index contributed by atoms with van der Waals surface area (Å²) >= 11 is 0. The standard InChI is InChI=1S/C29H44O3/c1-28-17-15-22(30)19-21(28)10-11-23-24-12-13-26(29(24,2)18-16-25(23)28)32-27(31)14-9-20-7-5-3-4-6-8-20/h19-20,23-26H,3-18H2,1-2H3/t23-,24-,25-,26-,28-,29-/m0/s1. The monoisotopic (exact) mass is 440 g/mol. The molecule has 3 nitrogen and oxygen atoms in total. The number of ether oxygens (including phenoxy) is 1. The van der Waals surface area contributed by atoms with Gasteiger partial charge in [-0.2, -0.15) is 0 Å². The Morgan fingerprint density at radius 2 is 1.72 bits per heavy atom. The molecule has 0 radical (unpaired) electrons. The van der Waals surface area contributed by atoms with Crippen LogP contribution < -0.4 is 0 Å². The van der Waals surface area contributed by atoms with Crippen LogP contribution in [0.15, 0.2) is 11.6 Å². The van der Waals surface area contributed by atoms with Crippen LogP contribution in [0.3, 0.4) is 0 Å². The van der Waals surface area contributed by atoms with Crippen molar-refractivity contribution in [3.63, 3.8) is 0 Å². The summed E-state index contributed by atoms with van der Waals surface area (Å²) in [7, 11) is 0. The molecule has 4 fully saturated rings. The van der Waals surface area contributed by atoms with Gasteiger partial charge in [0.25, 0.3) is 0 Å². The lowest BCUT2D eigenvalue weighted by molar-refractivity contribution is -0.160. The summed E-state index contributed by atoms with van der Waals surface area (Å²) in [5.41, 5.74) is 1.82. The van der Waals surface area contributed by atoms with Gasteiger partial charge in [-0.25, -0.2) is 0 Å². The molecule has 0 unspecified atom stereocenters. The number of fused-ring (bicyclic) bond motifs is 5. The van der Waals surface area contributed by atoms with Crippen molar-refractivity contribution in [1.29, 1.82) is 0 Å². The lowest BCUT2D eigenvalue weighted by Crippen LogP contribution is -2.51. The van der Waals surface area contributed by atoms with E-state index < -0.39 is 0 Å². The summed E-state index contributed by atoms with van der Waals surface area (Å²) in [6.07, 6.45) is 20.6. The second-order valence-electron chi connectivity index (χ2n) is 12.5. The van der Waals surface area contributed by atoms with E-state index in [9.17, 15) is 9.59 Å². The second kappa shape index (κ2) is 8.91. The van der Waals surface area contributed by atoms with E-state index in [0.29, 0.717) is 24.0 Å². The number of esters is 1. The van der Waals surface area contributed by atoms with Gasteiger partial charge in [0.05, 0.1) is 0 Å². The van der Waals surface area contributed by atoms with Gasteiger partial charge in [-0.3, -0.25) is 9.59 Å². The molecule has 0 aromatic carbocycles. The van der Waals surface area contributed by atoms with Gasteiger partial charge < -0.3 is 4.74 Å². The van der Waals surface area contributed by atoms with E-state index in [1.54, 1.807) is 0 Å². The highest BCUT2D eigenvalue weighted by atomic mass is 16.5. The Morgan fingerprint density at radius 3 is 2.50 bits per heavy atom. The number of ketones is 1. The Labute approximate surface area is 195 Å². The zero-order valence-corrected chi connectivity index (χ0v) is 20.5. The van der Waals surface area contributed by atoms with Crippen molar-refractivity contribution in [2.75, 3.05) is 0 Å². The third-order valence-corrected chi connectivity index (χ3v) is 10.9. The lowest BCUT2D eigenvalue weighted by atomic mass is 9.47. The average Bonchev–Trinajstić information content (AvgIpc) is 2.93. The first kappa shape index (κ1) is 22.7. The molecule has 5 aliphatic rings. The summed E-state index contributed by atoms with van der Waals surface area (Å²) < 4.78 is 6.24. The van der Waals surface area contributed by atoms with Crippen molar-refractivity contribution in [2.24, 2.45) is 34.5 Å². The van der Waals surface area contributed by atoms with Crippen LogP contribution in [0.5, 0.6) is 0 Å². The summed E-state index contributed by atoms with van der Waals surface area (Å²) in [6.45, 7) is 4.88. The zero-order chi connectivity index (χ0) is 22.3. The maximum Gasteiger partial charge on any atom is 0.306 e. The van der Waals surface area contributed by atoms with Gasteiger partial charge in [-0.05, 0) is 86.5 Å². The normalized spacial score (nSPS) is 42.3. The van der Waals surface area contributed by atoms with Gasteiger partial charge >= 0.3 is 5.97 Å². The molecule has 0 spiro atoms. The maximum atomic E-state index is 12.8. The first-order valence-corrected chi connectivity index (χ1v) is 13.8. The predicted octanol–water partition coefficient (Wildman–Crippen LogP) is 7.18. The van der Waals surface area contributed by atoms with Crippen LogP contribution in [-0.2, 0) is 14.3 Å². The van der Waals surface area contributed by atoms with Crippen LogP contribution in [0.2, 0.25) is 0 Å². The smallest absolute Gasteiger partial charge is 0.306 e. The summed E-state index contributed by atoms with van der Waals surface area (Å²) in [4.78, 5) is 24.9. The van der Waals surface area contributed by atoms with Crippen molar-refractivity contribution in [2.45, 2.75) is 123 Å². The molecule has 0 aliphatic heterocycles. The van der Waals surface area contributed by atoms with Gasteiger partial charge in [0.15, 0.2) is 5.78 Å². The first-order valence-electron chi connectivity index (χ1n) is 13.8. The van der Waals surface area contributed by atoms with Gasteiger partial charge in [0, 0.05) is 18.3 Å². The van der Waals surface area contributed by atoms with Crippen molar-refractivity contribution < 1.29 is 14.3 Å². The minimum absolute atomic E-state index is 0.0647. The molecule has 0 bridgehead atoms. The molecule has 5 aliphatic carbocycles. The number of carbonyl (C=O) groups is 2. The average molecular weight is 441 g/mol. The lowest BCUT2D eigenvalue weighted by Gasteiger charge is -2.57. The van der Waals surface area contributed by atoms with E-state index in [1.807, 2.05) is 6.08 Å². The second-order valence-corrected chi connectivity index (χ2v) is 12.5. The fourth-order valence-electron chi connectivity index (χ4n) is 8.90. The fraction of sp³-hybridized carbons (Fsp3) is 0.862. The van der Waals surface area contributed by atoms with Gasteiger partial charge in [-0.15, -0.1) is 0 Å².